The number of aryl methyl sites for hydroxylation is 1. The zero-order valence-electron chi connectivity index (χ0n) is 13.6. The van der Waals surface area contributed by atoms with E-state index in [2.05, 4.69) is 11.7 Å². The molecule has 3 aromatic rings. The van der Waals surface area contributed by atoms with Crippen molar-refractivity contribution in [2.24, 2.45) is 0 Å². The van der Waals surface area contributed by atoms with Crippen LogP contribution in [0.3, 0.4) is 0 Å². The average molecular weight is 350 g/mol. The lowest BCUT2D eigenvalue weighted by molar-refractivity contribution is 0.221. The number of hydrogen-bond donors (Lipinski definition) is 1. The van der Waals surface area contributed by atoms with E-state index in [1.54, 1.807) is 4.68 Å². The highest BCUT2D eigenvalue weighted by Crippen LogP contribution is 2.37. The second kappa shape index (κ2) is 6.94. The Labute approximate surface area is 151 Å². The molecule has 0 saturated heterocycles. The number of nitrogens with zero attached hydrogens (tertiary/aromatic N) is 3. The number of aromatic nitrogens is 2. The van der Waals surface area contributed by atoms with Crippen molar-refractivity contribution in [2.45, 2.75) is 13.0 Å². The fourth-order valence-electron chi connectivity index (χ4n) is 2.55. The first-order valence-corrected chi connectivity index (χ1v) is 8.08. The third kappa shape index (κ3) is 3.20. The minimum atomic E-state index is -1.22. The molecular formula is C20H16ClN3O. The Hall–Kier alpha value is -2.87. The van der Waals surface area contributed by atoms with Crippen LogP contribution in [0.1, 0.15) is 17.2 Å². The third-order valence-corrected chi connectivity index (χ3v) is 4.30. The molecule has 0 amide bonds. The van der Waals surface area contributed by atoms with E-state index in [0.29, 0.717) is 11.3 Å². The van der Waals surface area contributed by atoms with Crippen LogP contribution in [0, 0.1) is 18.3 Å². The molecule has 0 spiro atoms. The van der Waals surface area contributed by atoms with Crippen LogP contribution in [-0.4, -0.2) is 14.9 Å². The number of rotatable bonds is 4. The smallest absolute Gasteiger partial charge is 0.139 e. The fourth-order valence-corrected chi connectivity index (χ4v) is 2.88. The van der Waals surface area contributed by atoms with Crippen LogP contribution in [-0.2, 0) is 0 Å². The van der Waals surface area contributed by atoms with Crippen LogP contribution in [0.25, 0.3) is 16.9 Å². The van der Waals surface area contributed by atoms with Gasteiger partial charge in [-0.05, 0) is 19.1 Å². The molecule has 1 aromatic heterocycles. The SMILES string of the molecule is C=C(C#N)C(O)c1c(-c2ccc(C)cc2)nn(-c2ccccc2)c1Cl. The summed E-state index contributed by atoms with van der Waals surface area (Å²) in [4.78, 5) is 0. The molecule has 5 heteroatoms. The number of aliphatic hydroxyl groups is 1. The average Bonchev–Trinajstić information content (AvgIpc) is 2.99. The minimum Gasteiger partial charge on any atom is -0.383 e. The fraction of sp³-hybridized carbons (Fsp3) is 0.100. The molecule has 0 aliphatic carbocycles. The summed E-state index contributed by atoms with van der Waals surface area (Å²) < 4.78 is 1.56. The van der Waals surface area contributed by atoms with E-state index < -0.39 is 6.10 Å². The lowest BCUT2D eigenvalue weighted by Gasteiger charge is -2.10. The zero-order valence-corrected chi connectivity index (χ0v) is 14.4. The molecule has 0 bridgehead atoms. The number of hydrogen-bond acceptors (Lipinski definition) is 3. The first-order chi connectivity index (χ1) is 12.0. The van der Waals surface area contributed by atoms with Gasteiger partial charge in [-0.15, -0.1) is 0 Å². The first kappa shape index (κ1) is 17.0. The molecule has 4 nitrogen and oxygen atoms in total. The third-order valence-electron chi connectivity index (χ3n) is 3.94. The molecule has 3 rings (SSSR count). The van der Waals surface area contributed by atoms with Crippen LogP contribution in [0.4, 0.5) is 0 Å². The highest BCUT2D eigenvalue weighted by Gasteiger charge is 2.26. The Kier molecular flexibility index (Phi) is 4.71. The Balaban J connectivity index is 2.24. The number of halogens is 1. The van der Waals surface area contributed by atoms with Crippen molar-refractivity contribution in [1.29, 1.82) is 5.26 Å². The summed E-state index contributed by atoms with van der Waals surface area (Å²) in [5, 5.41) is 24.5. The van der Waals surface area contributed by atoms with Crippen molar-refractivity contribution in [1.82, 2.24) is 9.78 Å². The molecule has 0 saturated carbocycles. The van der Waals surface area contributed by atoms with Crippen molar-refractivity contribution >= 4 is 11.6 Å². The van der Waals surface area contributed by atoms with Gasteiger partial charge in [0, 0.05) is 5.56 Å². The molecule has 0 aliphatic heterocycles. The first-order valence-electron chi connectivity index (χ1n) is 7.70. The predicted octanol–water partition coefficient (Wildman–Crippen LogP) is 4.61. The van der Waals surface area contributed by atoms with Crippen molar-refractivity contribution in [3.8, 4) is 23.0 Å². The van der Waals surface area contributed by atoms with Gasteiger partial charge in [0.15, 0.2) is 0 Å². The second-order valence-corrected chi connectivity index (χ2v) is 6.06. The van der Waals surface area contributed by atoms with Crippen molar-refractivity contribution < 1.29 is 5.11 Å². The summed E-state index contributed by atoms with van der Waals surface area (Å²) in [6.07, 6.45) is -1.22. The van der Waals surface area contributed by atoms with Gasteiger partial charge in [-0.25, -0.2) is 4.68 Å². The largest absolute Gasteiger partial charge is 0.383 e. The van der Waals surface area contributed by atoms with Crippen LogP contribution in [0.5, 0.6) is 0 Å². The summed E-state index contributed by atoms with van der Waals surface area (Å²) in [5.74, 6) is 0. The molecule has 1 N–H and O–H groups in total. The van der Waals surface area contributed by atoms with Gasteiger partial charge in [0.05, 0.1) is 22.9 Å². The van der Waals surface area contributed by atoms with E-state index in [1.807, 2.05) is 67.6 Å². The monoisotopic (exact) mass is 349 g/mol. The van der Waals surface area contributed by atoms with Gasteiger partial charge in [-0.2, -0.15) is 10.4 Å². The second-order valence-electron chi connectivity index (χ2n) is 5.71. The minimum absolute atomic E-state index is 0.0165. The summed E-state index contributed by atoms with van der Waals surface area (Å²) in [6, 6.07) is 19.0. The van der Waals surface area contributed by atoms with Gasteiger partial charge in [-0.3, -0.25) is 0 Å². The molecule has 1 atom stereocenters. The van der Waals surface area contributed by atoms with Crippen molar-refractivity contribution in [3.63, 3.8) is 0 Å². The van der Waals surface area contributed by atoms with E-state index in [9.17, 15) is 5.11 Å². The van der Waals surface area contributed by atoms with E-state index >= 15 is 0 Å². The summed E-state index contributed by atoms with van der Waals surface area (Å²) in [6.45, 7) is 5.61. The van der Waals surface area contributed by atoms with Crippen LogP contribution in [0.2, 0.25) is 5.15 Å². The molecule has 124 valence electrons. The summed E-state index contributed by atoms with van der Waals surface area (Å²) in [5.41, 5.74) is 3.60. The zero-order chi connectivity index (χ0) is 18.0. The van der Waals surface area contributed by atoms with Crippen LogP contribution >= 0.6 is 11.6 Å². The maximum atomic E-state index is 10.6. The normalized spacial score (nSPS) is 11.8. The van der Waals surface area contributed by atoms with Gasteiger partial charge >= 0.3 is 0 Å². The molecule has 2 aromatic carbocycles. The molecule has 0 radical (unpaired) electrons. The Bertz CT molecular complexity index is 953. The van der Waals surface area contributed by atoms with E-state index in [4.69, 9.17) is 16.9 Å². The number of para-hydroxylation sites is 1. The van der Waals surface area contributed by atoms with Gasteiger partial charge < -0.3 is 5.11 Å². The molecule has 0 aliphatic rings. The Morgan fingerprint density at radius 1 is 1.20 bits per heavy atom. The number of benzene rings is 2. The highest BCUT2D eigenvalue weighted by atomic mass is 35.5. The molecule has 0 fully saturated rings. The molecular weight excluding hydrogens is 334 g/mol. The summed E-state index contributed by atoms with van der Waals surface area (Å²) in [7, 11) is 0. The van der Waals surface area contributed by atoms with Gasteiger partial charge in [0.25, 0.3) is 0 Å². The maximum absolute atomic E-state index is 10.6. The molecule has 1 unspecified atom stereocenters. The van der Waals surface area contributed by atoms with Crippen LogP contribution < -0.4 is 0 Å². The Morgan fingerprint density at radius 2 is 1.84 bits per heavy atom. The number of aliphatic hydroxyl groups excluding tert-OH is 1. The molecule has 1 heterocycles. The quantitative estimate of drug-likeness (QED) is 0.699. The van der Waals surface area contributed by atoms with E-state index in [0.717, 1.165) is 16.8 Å². The van der Waals surface area contributed by atoms with Gasteiger partial charge in [0.2, 0.25) is 0 Å². The van der Waals surface area contributed by atoms with Gasteiger partial charge in [-0.1, -0.05) is 66.2 Å². The number of nitriles is 1. The van der Waals surface area contributed by atoms with E-state index in [1.165, 1.54) is 0 Å². The predicted molar refractivity (Wildman–Crippen MR) is 98.5 cm³/mol. The van der Waals surface area contributed by atoms with E-state index in [-0.39, 0.29) is 10.7 Å². The van der Waals surface area contributed by atoms with Crippen molar-refractivity contribution in [2.75, 3.05) is 0 Å². The lowest BCUT2D eigenvalue weighted by Crippen LogP contribution is -2.01. The van der Waals surface area contributed by atoms with Gasteiger partial charge in [0.1, 0.15) is 17.0 Å². The topological polar surface area (TPSA) is 61.8 Å². The Morgan fingerprint density at radius 3 is 2.44 bits per heavy atom. The summed E-state index contributed by atoms with van der Waals surface area (Å²) >= 11 is 6.53. The van der Waals surface area contributed by atoms with Crippen LogP contribution in [0.15, 0.2) is 66.7 Å². The van der Waals surface area contributed by atoms with Crippen molar-refractivity contribution in [3.05, 3.63) is 83.0 Å². The lowest BCUT2D eigenvalue weighted by atomic mass is 9.99. The maximum Gasteiger partial charge on any atom is 0.139 e. The molecule has 25 heavy (non-hydrogen) atoms. The highest BCUT2D eigenvalue weighted by molar-refractivity contribution is 6.31. The standard InChI is InChI=1S/C20H16ClN3O/c1-13-8-10-15(11-9-13)18-17(19(25)14(2)12-22)20(21)24(23-18)16-6-4-3-5-7-16/h3-11,19,25H,2H2,1H3.